The molecule has 0 unspecified atom stereocenters. The van der Waals surface area contributed by atoms with E-state index in [0.29, 0.717) is 16.8 Å². The zero-order valence-electron chi connectivity index (χ0n) is 12.7. The normalized spacial score (nSPS) is 10.3. The minimum atomic E-state index is -0.698. The SMILES string of the molecule is CCOC(=O)c1ccc(NC(=O)c2ccc(Cl)cc2F)c(C)c1. The number of rotatable bonds is 4. The van der Waals surface area contributed by atoms with Gasteiger partial charge in [-0.15, -0.1) is 0 Å². The number of aryl methyl sites for hydroxylation is 1. The van der Waals surface area contributed by atoms with Crippen LogP contribution in [-0.2, 0) is 4.74 Å². The Morgan fingerprint density at radius 2 is 1.96 bits per heavy atom. The Balaban J connectivity index is 2.20. The van der Waals surface area contributed by atoms with Gasteiger partial charge in [0, 0.05) is 10.7 Å². The summed E-state index contributed by atoms with van der Waals surface area (Å²) in [5, 5.41) is 2.83. The molecule has 0 aliphatic heterocycles. The standard InChI is InChI=1S/C17H15ClFNO3/c1-3-23-17(22)11-4-7-15(10(2)8-11)20-16(21)13-6-5-12(18)9-14(13)19/h4-9H,3H2,1-2H3,(H,20,21). The van der Waals surface area contributed by atoms with Crippen molar-refractivity contribution in [1.29, 1.82) is 0 Å². The number of halogens is 2. The van der Waals surface area contributed by atoms with Gasteiger partial charge in [0.2, 0.25) is 0 Å². The molecule has 6 heteroatoms. The summed E-state index contributed by atoms with van der Waals surface area (Å²) in [4.78, 5) is 23.8. The second kappa shape index (κ2) is 7.24. The lowest BCUT2D eigenvalue weighted by atomic mass is 10.1. The lowest BCUT2D eigenvalue weighted by Gasteiger charge is -2.10. The molecule has 0 bridgehead atoms. The van der Waals surface area contributed by atoms with Crippen molar-refractivity contribution in [3.8, 4) is 0 Å². The summed E-state index contributed by atoms with van der Waals surface area (Å²) < 4.78 is 18.7. The Labute approximate surface area is 138 Å². The van der Waals surface area contributed by atoms with Crippen LogP contribution in [-0.4, -0.2) is 18.5 Å². The molecule has 0 radical (unpaired) electrons. The number of benzene rings is 2. The molecule has 0 heterocycles. The second-order valence-corrected chi connectivity index (χ2v) is 5.26. The first-order valence-corrected chi connectivity index (χ1v) is 7.34. The Morgan fingerprint density at radius 3 is 2.57 bits per heavy atom. The van der Waals surface area contributed by atoms with E-state index >= 15 is 0 Å². The molecular formula is C17H15ClFNO3. The zero-order valence-corrected chi connectivity index (χ0v) is 13.4. The van der Waals surface area contributed by atoms with Crippen LogP contribution < -0.4 is 5.32 Å². The summed E-state index contributed by atoms with van der Waals surface area (Å²) in [5.41, 5.74) is 1.43. The van der Waals surface area contributed by atoms with Crippen LogP contribution >= 0.6 is 11.6 Å². The van der Waals surface area contributed by atoms with E-state index in [-0.39, 0.29) is 17.2 Å². The van der Waals surface area contributed by atoms with Crippen LogP contribution in [0.15, 0.2) is 36.4 Å². The summed E-state index contributed by atoms with van der Waals surface area (Å²) in [5.74, 6) is -1.72. The number of hydrogen-bond acceptors (Lipinski definition) is 3. The number of carbonyl (C=O) groups excluding carboxylic acids is 2. The maximum absolute atomic E-state index is 13.8. The lowest BCUT2D eigenvalue weighted by Crippen LogP contribution is -2.15. The molecule has 0 saturated carbocycles. The minimum Gasteiger partial charge on any atom is -0.462 e. The molecule has 2 aromatic rings. The molecule has 0 aliphatic rings. The van der Waals surface area contributed by atoms with E-state index in [2.05, 4.69) is 5.32 Å². The van der Waals surface area contributed by atoms with E-state index in [1.807, 2.05) is 0 Å². The van der Waals surface area contributed by atoms with Gasteiger partial charge in [-0.3, -0.25) is 4.79 Å². The summed E-state index contributed by atoms with van der Waals surface area (Å²) >= 11 is 5.66. The first-order valence-electron chi connectivity index (χ1n) is 6.96. The molecule has 1 amide bonds. The van der Waals surface area contributed by atoms with E-state index in [9.17, 15) is 14.0 Å². The molecule has 4 nitrogen and oxygen atoms in total. The topological polar surface area (TPSA) is 55.4 Å². The highest BCUT2D eigenvalue weighted by molar-refractivity contribution is 6.30. The Morgan fingerprint density at radius 1 is 1.22 bits per heavy atom. The highest BCUT2D eigenvalue weighted by Gasteiger charge is 2.14. The molecule has 1 N–H and O–H groups in total. The van der Waals surface area contributed by atoms with Crippen molar-refractivity contribution < 1.29 is 18.7 Å². The Kier molecular flexibility index (Phi) is 5.34. The van der Waals surface area contributed by atoms with Crippen LogP contribution in [0.3, 0.4) is 0 Å². The first-order chi connectivity index (χ1) is 10.9. The van der Waals surface area contributed by atoms with Crippen molar-refractivity contribution >= 4 is 29.2 Å². The monoisotopic (exact) mass is 335 g/mol. The Bertz CT molecular complexity index is 761. The van der Waals surface area contributed by atoms with Gasteiger partial charge in [-0.2, -0.15) is 0 Å². The number of amides is 1. The summed E-state index contributed by atoms with van der Waals surface area (Å²) in [7, 11) is 0. The molecule has 2 rings (SSSR count). The maximum atomic E-state index is 13.8. The van der Waals surface area contributed by atoms with Gasteiger partial charge in [0.15, 0.2) is 0 Å². The minimum absolute atomic E-state index is 0.108. The van der Waals surface area contributed by atoms with Crippen LogP contribution in [0.5, 0.6) is 0 Å². The van der Waals surface area contributed by atoms with Gasteiger partial charge in [-0.05, 0) is 55.8 Å². The summed E-state index contributed by atoms with van der Waals surface area (Å²) in [6, 6.07) is 8.55. The molecule has 0 spiro atoms. The van der Waals surface area contributed by atoms with Crippen molar-refractivity contribution in [3.05, 3.63) is 63.9 Å². The zero-order chi connectivity index (χ0) is 17.0. The molecule has 0 aliphatic carbocycles. The molecule has 120 valence electrons. The average molecular weight is 336 g/mol. The fraction of sp³-hybridized carbons (Fsp3) is 0.176. The van der Waals surface area contributed by atoms with Crippen LogP contribution in [0.1, 0.15) is 33.2 Å². The third kappa shape index (κ3) is 4.07. The third-order valence-corrected chi connectivity index (χ3v) is 3.40. The third-order valence-electron chi connectivity index (χ3n) is 3.16. The maximum Gasteiger partial charge on any atom is 0.338 e. The predicted octanol–water partition coefficient (Wildman–Crippen LogP) is 4.22. The van der Waals surface area contributed by atoms with Crippen molar-refractivity contribution in [3.63, 3.8) is 0 Å². The van der Waals surface area contributed by atoms with Crippen molar-refractivity contribution in [1.82, 2.24) is 0 Å². The van der Waals surface area contributed by atoms with Gasteiger partial charge in [0.05, 0.1) is 17.7 Å². The van der Waals surface area contributed by atoms with Gasteiger partial charge in [-0.25, -0.2) is 9.18 Å². The van der Waals surface area contributed by atoms with Gasteiger partial charge >= 0.3 is 5.97 Å². The molecule has 2 aromatic carbocycles. The van der Waals surface area contributed by atoms with Crippen molar-refractivity contribution in [2.24, 2.45) is 0 Å². The second-order valence-electron chi connectivity index (χ2n) is 4.83. The van der Waals surface area contributed by atoms with Crippen molar-refractivity contribution in [2.75, 3.05) is 11.9 Å². The van der Waals surface area contributed by atoms with Crippen molar-refractivity contribution in [2.45, 2.75) is 13.8 Å². The fourth-order valence-corrected chi connectivity index (χ4v) is 2.17. The highest BCUT2D eigenvalue weighted by Crippen LogP contribution is 2.20. The average Bonchev–Trinajstić information content (AvgIpc) is 2.49. The molecule has 0 fully saturated rings. The van der Waals surface area contributed by atoms with E-state index in [0.717, 1.165) is 6.07 Å². The van der Waals surface area contributed by atoms with Gasteiger partial charge in [-0.1, -0.05) is 11.6 Å². The molecule has 23 heavy (non-hydrogen) atoms. The largest absolute Gasteiger partial charge is 0.462 e. The smallest absolute Gasteiger partial charge is 0.338 e. The van der Waals surface area contributed by atoms with Crippen LogP contribution in [0, 0.1) is 12.7 Å². The predicted molar refractivity (Wildman–Crippen MR) is 86.5 cm³/mol. The van der Waals surface area contributed by atoms with E-state index in [1.54, 1.807) is 32.0 Å². The fourth-order valence-electron chi connectivity index (χ4n) is 2.01. The number of carbonyl (C=O) groups is 2. The van der Waals surface area contributed by atoms with Gasteiger partial charge < -0.3 is 10.1 Å². The van der Waals surface area contributed by atoms with E-state index < -0.39 is 17.7 Å². The number of esters is 1. The van der Waals surface area contributed by atoms with E-state index in [4.69, 9.17) is 16.3 Å². The number of hydrogen-bond donors (Lipinski definition) is 1. The lowest BCUT2D eigenvalue weighted by molar-refractivity contribution is 0.0526. The summed E-state index contributed by atoms with van der Waals surface area (Å²) in [6.07, 6.45) is 0. The number of nitrogens with one attached hydrogen (secondary N) is 1. The molecular weight excluding hydrogens is 321 g/mol. The van der Waals surface area contributed by atoms with Gasteiger partial charge in [0.1, 0.15) is 5.82 Å². The van der Waals surface area contributed by atoms with Crippen LogP contribution in [0.2, 0.25) is 5.02 Å². The van der Waals surface area contributed by atoms with E-state index in [1.165, 1.54) is 12.1 Å². The highest BCUT2D eigenvalue weighted by atomic mass is 35.5. The summed E-state index contributed by atoms with van der Waals surface area (Å²) in [6.45, 7) is 3.74. The first kappa shape index (κ1) is 17.0. The molecule has 0 aromatic heterocycles. The van der Waals surface area contributed by atoms with Gasteiger partial charge in [0.25, 0.3) is 5.91 Å². The molecule has 0 saturated heterocycles. The number of ether oxygens (including phenoxy) is 1. The molecule has 0 atom stereocenters. The van der Waals surface area contributed by atoms with Crippen LogP contribution in [0.25, 0.3) is 0 Å². The van der Waals surface area contributed by atoms with Crippen LogP contribution in [0.4, 0.5) is 10.1 Å². The quantitative estimate of drug-likeness (QED) is 0.851. The number of anilines is 1. The Hall–Kier alpha value is -2.40.